The van der Waals surface area contributed by atoms with Crippen LogP contribution >= 0.6 is 0 Å². The molecule has 0 N–H and O–H groups in total. The van der Waals surface area contributed by atoms with Crippen LogP contribution in [-0.4, -0.2) is 31.0 Å². The lowest BCUT2D eigenvalue weighted by Gasteiger charge is -2.19. The molecule has 0 unspecified atom stereocenters. The van der Waals surface area contributed by atoms with Gasteiger partial charge in [0.1, 0.15) is 5.75 Å². The largest absolute Gasteiger partial charge is 0.493 e. The summed E-state index contributed by atoms with van der Waals surface area (Å²) in [5, 5.41) is 0. The monoisotopic (exact) mass is 233 g/mol. The number of rotatable bonds is 3. The molecule has 0 spiro atoms. The van der Waals surface area contributed by atoms with Gasteiger partial charge in [0.2, 0.25) is 5.91 Å². The minimum atomic E-state index is 0.117. The Morgan fingerprint density at radius 2 is 2.29 bits per heavy atom. The van der Waals surface area contributed by atoms with Crippen LogP contribution in [0.25, 0.3) is 0 Å². The normalized spacial score (nSPS) is 13.8. The summed E-state index contributed by atoms with van der Waals surface area (Å²) < 4.78 is 5.58. The second-order valence-electron chi connectivity index (χ2n) is 4.58. The van der Waals surface area contributed by atoms with E-state index in [-0.39, 0.29) is 5.91 Å². The topological polar surface area (TPSA) is 29.5 Å². The number of hydrogen-bond acceptors (Lipinski definition) is 2. The standard InChI is InChI=1S/C14H19NO2/c1-11(16)15(2)8-7-12-5-6-14-13(10-12)4-3-9-17-14/h5-6,10H,3-4,7-9H2,1-2H3. The second kappa shape index (κ2) is 5.21. The number of amides is 1. The average Bonchev–Trinajstić information content (AvgIpc) is 2.35. The summed E-state index contributed by atoms with van der Waals surface area (Å²) in [5.41, 5.74) is 2.58. The fraction of sp³-hybridized carbons (Fsp3) is 0.500. The highest BCUT2D eigenvalue weighted by molar-refractivity contribution is 5.72. The number of hydrogen-bond donors (Lipinski definition) is 0. The van der Waals surface area contributed by atoms with Crippen LogP contribution in [0.5, 0.6) is 5.75 Å². The summed E-state index contributed by atoms with van der Waals surface area (Å²) in [7, 11) is 1.84. The van der Waals surface area contributed by atoms with E-state index in [4.69, 9.17) is 4.74 Å². The van der Waals surface area contributed by atoms with Crippen LogP contribution in [-0.2, 0) is 17.6 Å². The Bertz CT molecular complexity index is 415. The fourth-order valence-corrected chi connectivity index (χ4v) is 2.02. The number of benzene rings is 1. The highest BCUT2D eigenvalue weighted by atomic mass is 16.5. The fourth-order valence-electron chi connectivity index (χ4n) is 2.02. The zero-order chi connectivity index (χ0) is 12.3. The molecule has 0 saturated heterocycles. The van der Waals surface area contributed by atoms with Crippen molar-refractivity contribution in [3.63, 3.8) is 0 Å². The van der Waals surface area contributed by atoms with Crippen molar-refractivity contribution in [1.82, 2.24) is 4.90 Å². The Kier molecular flexibility index (Phi) is 3.67. The van der Waals surface area contributed by atoms with Gasteiger partial charge in [0, 0.05) is 20.5 Å². The molecule has 1 heterocycles. The predicted octanol–water partition coefficient (Wildman–Crippen LogP) is 2.03. The van der Waals surface area contributed by atoms with Gasteiger partial charge in [0.05, 0.1) is 6.61 Å². The summed E-state index contributed by atoms with van der Waals surface area (Å²) in [6.45, 7) is 3.20. The smallest absolute Gasteiger partial charge is 0.219 e. The summed E-state index contributed by atoms with van der Waals surface area (Å²) in [6, 6.07) is 6.36. The summed E-state index contributed by atoms with van der Waals surface area (Å²) in [4.78, 5) is 12.8. The third-order valence-electron chi connectivity index (χ3n) is 3.25. The molecule has 1 aliphatic heterocycles. The second-order valence-corrected chi connectivity index (χ2v) is 4.58. The van der Waals surface area contributed by atoms with E-state index >= 15 is 0 Å². The average molecular weight is 233 g/mol. The van der Waals surface area contributed by atoms with Gasteiger partial charge in [-0.1, -0.05) is 12.1 Å². The van der Waals surface area contributed by atoms with Gasteiger partial charge in [-0.3, -0.25) is 4.79 Å². The Labute approximate surface area is 102 Å². The Morgan fingerprint density at radius 1 is 1.47 bits per heavy atom. The molecule has 1 amide bonds. The van der Waals surface area contributed by atoms with E-state index in [1.54, 1.807) is 11.8 Å². The van der Waals surface area contributed by atoms with Crippen LogP contribution in [0, 0.1) is 0 Å². The minimum Gasteiger partial charge on any atom is -0.493 e. The van der Waals surface area contributed by atoms with Gasteiger partial charge in [0.25, 0.3) is 0 Å². The molecule has 0 aromatic heterocycles. The van der Waals surface area contributed by atoms with E-state index in [1.165, 1.54) is 11.1 Å². The minimum absolute atomic E-state index is 0.117. The number of carbonyl (C=O) groups excluding carboxylic acids is 1. The number of fused-ring (bicyclic) bond motifs is 1. The Morgan fingerprint density at radius 3 is 3.06 bits per heavy atom. The van der Waals surface area contributed by atoms with Gasteiger partial charge in [-0.25, -0.2) is 0 Å². The lowest BCUT2D eigenvalue weighted by molar-refractivity contribution is -0.127. The molecule has 0 radical (unpaired) electrons. The first kappa shape index (κ1) is 12.0. The van der Waals surface area contributed by atoms with Crippen molar-refractivity contribution in [2.75, 3.05) is 20.2 Å². The number of nitrogens with zero attached hydrogens (tertiary/aromatic N) is 1. The quantitative estimate of drug-likeness (QED) is 0.799. The van der Waals surface area contributed by atoms with Gasteiger partial charge in [-0.2, -0.15) is 0 Å². The molecule has 17 heavy (non-hydrogen) atoms. The zero-order valence-electron chi connectivity index (χ0n) is 10.5. The third-order valence-corrected chi connectivity index (χ3v) is 3.25. The molecule has 0 fully saturated rings. The molecule has 0 atom stereocenters. The maximum Gasteiger partial charge on any atom is 0.219 e. The SMILES string of the molecule is CC(=O)N(C)CCc1ccc2c(c1)CCCO2. The Hall–Kier alpha value is -1.51. The van der Waals surface area contributed by atoms with Crippen LogP contribution in [0.3, 0.4) is 0 Å². The first-order chi connectivity index (χ1) is 8.16. The number of carbonyl (C=O) groups is 1. The maximum absolute atomic E-state index is 11.1. The van der Waals surface area contributed by atoms with Crippen LogP contribution in [0.2, 0.25) is 0 Å². The zero-order valence-corrected chi connectivity index (χ0v) is 10.5. The van der Waals surface area contributed by atoms with Gasteiger partial charge in [-0.05, 0) is 36.5 Å². The van der Waals surface area contributed by atoms with Gasteiger partial charge >= 0.3 is 0 Å². The molecular weight excluding hydrogens is 214 g/mol. The molecule has 3 nitrogen and oxygen atoms in total. The maximum atomic E-state index is 11.1. The molecule has 0 aliphatic carbocycles. The first-order valence-electron chi connectivity index (χ1n) is 6.13. The molecule has 92 valence electrons. The van der Waals surface area contributed by atoms with Crippen LogP contribution in [0.15, 0.2) is 18.2 Å². The predicted molar refractivity (Wildman–Crippen MR) is 67.3 cm³/mol. The molecule has 1 aliphatic rings. The van der Waals surface area contributed by atoms with E-state index in [0.29, 0.717) is 0 Å². The molecule has 0 saturated carbocycles. The van der Waals surface area contributed by atoms with Crippen molar-refractivity contribution < 1.29 is 9.53 Å². The van der Waals surface area contributed by atoms with Crippen molar-refractivity contribution in [1.29, 1.82) is 0 Å². The molecule has 1 aromatic carbocycles. The van der Waals surface area contributed by atoms with E-state index < -0.39 is 0 Å². The number of aryl methyl sites for hydroxylation is 1. The van der Waals surface area contributed by atoms with Gasteiger partial charge in [0.15, 0.2) is 0 Å². The first-order valence-corrected chi connectivity index (χ1v) is 6.13. The number of likely N-dealkylation sites (N-methyl/N-ethyl adjacent to an activating group) is 1. The molecule has 2 rings (SSSR count). The lowest BCUT2D eigenvalue weighted by Crippen LogP contribution is -2.26. The van der Waals surface area contributed by atoms with Gasteiger partial charge in [-0.15, -0.1) is 0 Å². The van der Waals surface area contributed by atoms with Crippen molar-refractivity contribution in [3.05, 3.63) is 29.3 Å². The van der Waals surface area contributed by atoms with E-state index in [9.17, 15) is 4.79 Å². The molecular formula is C14H19NO2. The van der Waals surface area contributed by atoms with Gasteiger partial charge < -0.3 is 9.64 Å². The van der Waals surface area contributed by atoms with Crippen molar-refractivity contribution >= 4 is 5.91 Å². The lowest BCUT2D eigenvalue weighted by atomic mass is 10.0. The van der Waals surface area contributed by atoms with E-state index in [0.717, 1.165) is 38.2 Å². The molecule has 3 heteroatoms. The molecule has 0 bridgehead atoms. The van der Waals surface area contributed by atoms with Crippen molar-refractivity contribution in [3.8, 4) is 5.75 Å². The van der Waals surface area contributed by atoms with E-state index in [2.05, 4.69) is 18.2 Å². The summed E-state index contributed by atoms with van der Waals surface area (Å²) in [5.74, 6) is 1.14. The highest BCUT2D eigenvalue weighted by Crippen LogP contribution is 2.25. The molecule has 1 aromatic rings. The Balaban J connectivity index is 2.00. The van der Waals surface area contributed by atoms with Crippen LogP contribution < -0.4 is 4.74 Å². The van der Waals surface area contributed by atoms with Crippen LogP contribution in [0.1, 0.15) is 24.5 Å². The van der Waals surface area contributed by atoms with Crippen molar-refractivity contribution in [2.24, 2.45) is 0 Å². The summed E-state index contributed by atoms with van der Waals surface area (Å²) >= 11 is 0. The van der Waals surface area contributed by atoms with E-state index in [1.807, 2.05) is 7.05 Å². The third kappa shape index (κ3) is 2.99. The number of ether oxygens (including phenoxy) is 1. The van der Waals surface area contributed by atoms with Crippen molar-refractivity contribution in [2.45, 2.75) is 26.2 Å². The highest BCUT2D eigenvalue weighted by Gasteiger charge is 2.10. The van der Waals surface area contributed by atoms with Crippen LogP contribution in [0.4, 0.5) is 0 Å². The summed E-state index contributed by atoms with van der Waals surface area (Å²) in [6.07, 6.45) is 3.11.